The second-order valence-corrected chi connectivity index (χ2v) is 9.11. The van der Waals surface area contributed by atoms with Crippen molar-refractivity contribution in [2.75, 3.05) is 26.2 Å². The third kappa shape index (κ3) is 4.90. The van der Waals surface area contributed by atoms with E-state index in [1.807, 2.05) is 12.1 Å². The molecule has 2 aliphatic heterocycles. The monoisotopic (exact) mass is 382 g/mol. The molecular formula is C20H28Cl2N2O. The van der Waals surface area contributed by atoms with Gasteiger partial charge in [0.25, 0.3) is 0 Å². The number of piperidine rings is 1. The summed E-state index contributed by atoms with van der Waals surface area (Å²) in [6.07, 6.45) is 5.11. The lowest BCUT2D eigenvalue weighted by atomic mass is 9.78. The molecule has 2 heterocycles. The van der Waals surface area contributed by atoms with E-state index in [0.717, 1.165) is 31.5 Å². The van der Waals surface area contributed by atoms with Gasteiger partial charge in [-0.15, -0.1) is 0 Å². The fourth-order valence-corrected chi connectivity index (χ4v) is 4.46. The number of likely N-dealkylation sites (tertiary alicyclic amines) is 2. The molecule has 25 heavy (non-hydrogen) atoms. The number of carbonyl (C=O) groups is 1. The zero-order valence-corrected chi connectivity index (χ0v) is 16.7. The molecular weight excluding hydrogens is 355 g/mol. The summed E-state index contributed by atoms with van der Waals surface area (Å²) in [5.74, 6) is 0.207. The maximum atomic E-state index is 13.0. The second-order valence-electron chi connectivity index (χ2n) is 8.29. The smallest absolute Gasteiger partial charge is 0.227 e. The van der Waals surface area contributed by atoms with Gasteiger partial charge in [-0.2, -0.15) is 0 Å². The van der Waals surface area contributed by atoms with Gasteiger partial charge >= 0.3 is 0 Å². The molecule has 0 unspecified atom stereocenters. The van der Waals surface area contributed by atoms with E-state index in [-0.39, 0.29) is 5.91 Å². The van der Waals surface area contributed by atoms with Crippen molar-refractivity contribution in [3.8, 4) is 0 Å². The molecule has 0 bridgehead atoms. The van der Waals surface area contributed by atoms with Gasteiger partial charge in [0.05, 0.1) is 16.5 Å². The molecule has 2 saturated heterocycles. The van der Waals surface area contributed by atoms with Gasteiger partial charge in [-0.05, 0) is 61.9 Å². The molecule has 3 rings (SSSR count). The van der Waals surface area contributed by atoms with E-state index in [0.29, 0.717) is 27.9 Å². The molecule has 1 aromatic carbocycles. The first-order chi connectivity index (χ1) is 11.8. The van der Waals surface area contributed by atoms with Crippen LogP contribution in [0.3, 0.4) is 0 Å². The highest BCUT2D eigenvalue weighted by molar-refractivity contribution is 6.42. The first-order valence-electron chi connectivity index (χ1n) is 9.30. The summed E-state index contributed by atoms with van der Waals surface area (Å²) in [5.41, 5.74) is 1.24. The Labute approximate surface area is 161 Å². The molecule has 0 aromatic heterocycles. The van der Waals surface area contributed by atoms with Crippen LogP contribution >= 0.6 is 23.2 Å². The summed E-state index contributed by atoms with van der Waals surface area (Å²) in [7, 11) is 0. The molecule has 1 amide bonds. The Morgan fingerprint density at radius 2 is 1.88 bits per heavy atom. The van der Waals surface area contributed by atoms with Crippen LogP contribution in [0.4, 0.5) is 0 Å². The van der Waals surface area contributed by atoms with Crippen molar-refractivity contribution in [3.05, 3.63) is 33.8 Å². The Morgan fingerprint density at radius 1 is 1.16 bits per heavy atom. The SMILES string of the molecule is CC1(C)CCN(C(=O)Cc2ccc(Cl)c(Cl)c2)[C@@H](CN2CCCC2)C1. The standard InChI is InChI=1S/C20H28Cl2N2O/c1-20(2)7-10-24(16(13-20)14-23-8-3-4-9-23)19(25)12-15-5-6-17(21)18(22)11-15/h5-6,11,16H,3-4,7-10,12-14H2,1-2H3/t16-/m1/s1. The van der Waals surface area contributed by atoms with Crippen LogP contribution in [0.1, 0.15) is 45.1 Å². The summed E-state index contributed by atoms with van der Waals surface area (Å²) >= 11 is 12.1. The lowest BCUT2D eigenvalue weighted by molar-refractivity contribution is -0.136. The summed E-state index contributed by atoms with van der Waals surface area (Å²) in [5, 5.41) is 1.05. The predicted octanol–water partition coefficient (Wildman–Crippen LogP) is 4.65. The number of amides is 1. The van der Waals surface area contributed by atoms with E-state index >= 15 is 0 Å². The van der Waals surface area contributed by atoms with Gasteiger partial charge < -0.3 is 9.80 Å². The van der Waals surface area contributed by atoms with Gasteiger partial charge in [-0.3, -0.25) is 4.79 Å². The largest absolute Gasteiger partial charge is 0.338 e. The molecule has 0 N–H and O–H groups in total. The van der Waals surface area contributed by atoms with Gasteiger partial charge in [0.1, 0.15) is 0 Å². The Balaban J connectivity index is 1.69. The molecule has 0 spiro atoms. The van der Waals surface area contributed by atoms with E-state index in [1.165, 1.54) is 25.9 Å². The molecule has 138 valence electrons. The highest BCUT2D eigenvalue weighted by Crippen LogP contribution is 2.35. The van der Waals surface area contributed by atoms with Crippen LogP contribution < -0.4 is 0 Å². The van der Waals surface area contributed by atoms with E-state index in [9.17, 15) is 4.79 Å². The maximum absolute atomic E-state index is 13.0. The van der Waals surface area contributed by atoms with Crippen LogP contribution in [-0.2, 0) is 11.2 Å². The molecule has 3 nitrogen and oxygen atoms in total. The van der Waals surface area contributed by atoms with Crippen LogP contribution in [0.5, 0.6) is 0 Å². The van der Waals surface area contributed by atoms with Gasteiger partial charge in [0, 0.05) is 19.1 Å². The Hall–Kier alpha value is -0.770. The first-order valence-corrected chi connectivity index (χ1v) is 10.1. The lowest BCUT2D eigenvalue weighted by Gasteiger charge is -2.45. The minimum absolute atomic E-state index is 0.207. The van der Waals surface area contributed by atoms with Crippen molar-refractivity contribution < 1.29 is 4.79 Å². The summed E-state index contributed by atoms with van der Waals surface area (Å²) in [6, 6.07) is 5.80. The van der Waals surface area contributed by atoms with Gasteiger partial charge in [-0.1, -0.05) is 43.1 Å². The predicted molar refractivity (Wildman–Crippen MR) is 104 cm³/mol. The molecule has 0 saturated carbocycles. The average molecular weight is 383 g/mol. The van der Waals surface area contributed by atoms with Crippen LogP contribution in [0.25, 0.3) is 0 Å². The second kappa shape index (κ2) is 7.85. The third-order valence-corrected chi connectivity index (χ3v) is 6.32. The average Bonchev–Trinajstić information content (AvgIpc) is 3.03. The van der Waals surface area contributed by atoms with E-state index in [1.54, 1.807) is 6.07 Å². The lowest BCUT2D eigenvalue weighted by Crippen LogP contribution is -2.53. The van der Waals surface area contributed by atoms with E-state index in [4.69, 9.17) is 23.2 Å². The highest BCUT2D eigenvalue weighted by atomic mass is 35.5. The zero-order valence-electron chi connectivity index (χ0n) is 15.2. The molecule has 5 heteroatoms. The number of hydrogen-bond acceptors (Lipinski definition) is 2. The van der Waals surface area contributed by atoms with Gasteiger partial charge in [0.15, 0.2) is 0 Å². The van der Waals surface area contributed by atoms with E-state index < -0.39 is 0 Å². The quantitative estimate of drug-likeness (QED) is 0.756. The van der Waals surface area contributed by atoms with Gasteiger partial charge in [-0.25, -0.2) is 0 Å². The van der Waals surface area contributed by atoms with Crippen molar-refractivity contribution >= 4 is 29.1 Å². The maximum Gasteiger partial charge on any atom is 0.227 e. The van der Waals surface area contributed by atoms with Crippen LogP contribution in [0.2, 0.25) is 10.0 Å². The number of nitrogens with zero attached hydrogens (tertiary/aromatic N) is 2. The van der Waals surface area contributed by atoms with Crippen molar-refractivity contribution in [3.63, 3.8) is 0 Å². The molecule has 0 radical (unpaired) electrons. The number of hydrogen-bond donors (Lipinski definition) is 0. The van der Waals surface area contributed by atoms with Crippen molar-refractivity contribution in [1.82, 2.24) is 9.80 Å². The van der Waals surface area contributed by atoms with Crippen LogP contribution in [0.15, 0.2) is 18.2 Å². The minimum Gasteiger partial charge on any atom is -0.338 e. The molecule has 1 atom stereocenters. The van der Waals surface area contributed by atoms with Gasteiger partial charge in [0.2, 0.25) is 5.91 Å². The third-order valence-electron chi connectivity index (χ3n) is 5.59. The number of benzene rings is 1. The summed E-state index contributed by atoms with van der Waals surface area (Å²) in [4.78, 5) is 17.6. The number of rotatable bonds is 4. The number of carbonyl (C=O) groups excluding carboxylic acids is 1. The normalized spacial score (nSPS) is 23.8. The molecule has 2 fully saturated rings. The fourth-order valence-electron chi connectivity index (χ4n) is 4.14. The van der Waals surface area contributed by atoms with E-state index in [2.05, 4.69) is 23.6 Å². The Morgan fingerprint density at radius 3 is 2.56 bits per heavy atom. The Bertz CT molecular complexity index is 626. The van der Waals surface area contributed by atoms with Crippen LogP contribution in [0, 0.1) is 5.41 Å². The highest BCUT2D eigenvalue weighted by Gasteiger charge is 2.36. The first kappa shape index (κ1) is 19.0. The molecule has 2 aliphatic rings. The van der Waals surface area contributed by atoms with Crippen molar-refractivity contribution in [2.45, 2.75) is 52.0 Å². The summed E-state index contributed by atoms with van der Waals surface area (Å²) < 4.78 is 0. The van der Waals surface area contributed by atoms with Crippen molar-refractivity contribution in [2.24, 2.45) is 5.41 Å². The molecule has 1 aromatic rings. The van der Waals surface area contributed by atoms with Crippen molar-refractivity contribution in [1.29, 1.82) is 0 Å². The number of halogens is 2. The minimum atomic E-state index is 0.207. The zero-order chi connectivity index (χ0) is 18.0. The Kier molecular flexibility index (Phi) is 5.97. The van der Waals surface area contributed by atoms with Crippen LogP contribution in [-0.4, -0.2) is 47.9 Å². The summed E-state index contributed by atoms with van der Waals surface area (Å²) in [6.45, 7) is 8.86. The fraction of sp³-hybridized carbons (Fsp3) is 0.650. The molecule has 0 aliphatic carbocycles. The topological polar surface area (TPSA) is 23.6 Å².